The van der Waals surface area contributed by atoms with Crippen LogP contribution in [0.15, 0.2) is 36.0 Å². The van der Waals surface area contributed by atoms with Crippen LogP contribution in [0.5, 0.6) is 0 Å². The van der Waals surface area contributed by atoms with Crippen LogP contribution in [-0.4, -0.2) is 30.1 Å². The van der Waals surface area contributed by atoms with Crippen molar-refractivity contribution in [2.75, 3.05) is 12.4 Å². The zero-order chi connectivity index (χ0) is 14.4. The molecule has 0 aliphatic heterocycles. The predicted octanol–water partition coefficient (Wildman–Crippen LogP) is 0.339. The number of esters is 1. The lowest BCUT2D eigenvalue weighted by molar-refractivity contribution is -0.135. The Kier molecular flexibility index (Phi) is 4.64. The van der Waals surface area contributed by atoms with E-state index in [9.17, 15) is 14.4 Å². The molecule has 1 rings (SSSR count). The summed E-state index contributed by atoms with van der Waals surface area (Å²) >= 11 is 0. The number of nitrogens with one attached hydrogen (secondary N) is 1. The number of nitrogens with two attached hydrogens (primary N) is 1. The van der Waals surface area contributed by atoms with Gasteiger partial charge in [0.15, 0.2) is 0 Å². The molecule has 1 amide bonds. The van der Waals surface area contributed by atoms with Crippen LogP contribution in [0.1, 0.15) is 10.4 Å². The third-order valence-corrected chi connectivity index (χ3v) is 2.16. The lowest BCUT2D eigenvalue weighted by atomic mass is 10.1. The van der Waals surface area contributed by atoms with Gasteiger partial charge in [-0.05, 0) is 12.1 Å². The van der Waals surface area contributed by atoms with E-state index < -0.39 is 17.8 Å². The van der Waals surface area contributed by atoms with Gasteiger partial charge >= 0.3 is 11.9 Å². The molecule has 4 N–H and O–H groups in total. The molecule has 0 bridgehead atoms. The van der Waals surface area contributed by atoms with E-state index in [1.807, 2.05) is 0 Å². The van der Waals surface area contributed by atoms with Crippen molar-refractivity contribution in [3.05, 3.63) is 41.6 Å². The number of carboxylic acid groups (broad SMARTS) is 1. The van der Waals surface area contributed by atoms with Crippen molar-refractivity contribution in [3.63, 3.8) is 0 Å². The number of anilines is 1. The smallest absolute Gasteiger partial charge is 0.337 e. The molecule has 7 nitrogen and oxygen atoms in total. The minimum atomic E-state index is -1.18. The summed E-state index contributed by atoms with van der Waals surface area (Å²) in [5.41, 5.74) is 4.91. The average molecular weight is 264 g/mol. The van der Waals surface area contributed by atoms with E-state index in [1.165, 1.54) is 18.2 Å². The van der Waals surface area contributed by atoms with E-state index in [4.69, 9.17) is 10.8 Å². The highest BCUT2D eigenvalue weighted by Gasteiger charge is 2.13. The first kappa shape index (κ1) is 14.2. The minimum absolute atomic E-state index is 0.0560. The van der Waals surface area contributed by atoms with Crippen molar-refractivity contribution in [1.82, 2.24) is 0 Å². The Labute approximate surface area is 108 Å². The van der Waals surface area contributed by atoms with Gasteiger partial charge in [0.05, 0.1) is 24.4 Å². The number of para-hydroxylation sites is 1. The molecule has 7 heteroatoms. The number of benzene rings is 1. The molecule has 0 aromatic heterocycles. The lowest BCUT2D eigenvalue weighted by Crippen LogP contribution is -2.22. The maximum absolute atomic E-state index is 11.2. The maximum Gasteiger partial charge on any atom is 0.337 e. The van der Waals surface area contributed by atoms with Gasteiger partial charge in [-0.1, -0.05) is 12.1 Å². The van der Waals surface area contributed by atoms with Crippen LogP contribution in [-0.2, 0) is 14.3 Å². The normalized spacial score (nSPS) is 10.7. The molecule has 1 aromatic rings. The van der Waals surface area contributed by atoms with E-state index in [1.54, 1.807) is 6.07 Å². The van der Waals surface area contributed by atoms with E-state index in [0.717, 1.165) is 13.2 Å². The summed E-state index contributed by atoms with van der Waals surface area (Å²) in [7, 11) is 1.14. The van der Waals surface area contributed by atoms with Crippen LogP contribution in [0.2, 0.25) is 0 Å². The van der Waals surface area contributed by atoms with Gasteiger partial charge in [-0.15, -0.1) is 0 Å². The van der Waals surface area contributed by atoms with Crippen LogP contribution in [0, 0.1) is 0 Å². The van der Waals surface area contributed by atoms with Gasteiger partial charge in [-0.2, -0.15) is 0 Å². The summed E-state index contributed by atoms with van der Waals surface area (Å²) in [6.07, 6.45) is 0.848. The van der Waals surface area contributed by atoms with Gasteiger partial charge in [-0.25, -0.2) is 9.59 Å². The van der Waals surface area contributed by atoms with E-state index in [-0.39, 0.29) is 16.9 Å². The number of methoxy groups -OCH3 is 1. The monoisotopic (exact) mass is 264 g/mol. The first-order chi connectivity index (χ1) is 8.95. The van der Waals surface area contributed by atoms with Crippen LogP contribution in [0.25, 0.3) is 0 Å². The molecule has 0 aliphatic carbocycles. The van der Waals surface area contributed by atoms with Crippen LogP contribution >= 0.6 is 0 Å². The molecule has 0 saturated carbocycles. The van der Waals surface area contributed by atoms with E-state index in [0.29, 0.717) is 0 Å². The van der Waals surface area contributed by atoms with Gasteiger partial charge in [0, 0.05) is 0 Å². The van der Waals surface area contributed by atoms with E-state index in [2.05, 4.69) is 10.1 Å². The molecule has 100 valence electrons. The SMILES string of the molecule is COC(=O)/C=C(\Nc1ccccc1C(=O)O)C(N)=O. The van der Waals surface area contributed by atoms with Crippen LogP contribution in [0.3, 0.4) is 0 Å². The fourth-order valence-corrected chi connectivity index (χ4v) is 1.27. The number of aromatic carboxylic acids is 1. The molecule has 0 atom stereocenters. The molecule has 0 unspecified atom stereocenters. The first-order valence-corrected chi connectivity index (χ1v) is 5.14. The molecular weight excluding hydrogens is 252 g/mol. The molecule has 0 saturated heterocycles. The number of hydrogen-bond donors (Lipinski definition) is 3. The van der Waals surface area contributed by atoms with E-state index >= 15 is 0 Å². The number of carboxylic acids is 1. The molecular formula is C12H12N2O5. The summed E-state index contributed by atoms with van der Waals surface area (Å²) in [5.74, 6) is -2.87. The zero-order valence-electron chi connectivity index (χ0n) is 10.0. The number of ether oxygens (including phenoxy) is 1. The van der Waals surface area contributed by atoms with Crippen LogP contribution < -0.4 is 11.1 Å². The summed E-state index contributed by atoms with van der Waals surface area (Å²) < 4.78 is 4.37. The summed E-state index contributed by atoms with van der Waals surface area (Å²) in [5, 5.41) is 11.5. The molecule has 0 spiro atoms. The Morgan fingerprint density at radius 1 is 1.32 bits per heavy atom. The van der Waals surface area contributed by atoms with Gasteiger partial charge in [0.1, 0.15) is 5.70 Å². The van der Waals surface area contributed by atoms with Crippen molar-refractivity contribution in [3.8, 4) is 0 Å². The number of carbonyl (C=O) groups is 3. The highest BCUT2D eigenvalue weighted by molar-refractivity contribution is 6.02. The number of rotatable bonds is 5. The number of hydrogen-bond acceptors (Lipinski definition) is 5. The Morgan fingerprint density at radius 2 is 1.95 bits per heavy atom. The quantitative estimate of drug-likeness (QED) is 0.521. The minimum Gasteiger partial charge on any atom is -0.478 e. The third kappa shape index (κ3) is 3.84. The predicted molar refractivity (Wildman–Crippen MR) is 66.3 cm³/mol. The van der Waals surface area contributed by atoms with Crippen molar-refractivity contribution in [1.29, 1.82) is 0 Å². The summed E-state index contributed by atoms with van der Waals surface area (Å²) in [6, 6.07) is 5.90. The highest BCUT2D eigenvalue weighted by Crippen LogP contribution is 2.17. The summed E-state index contributed by atoms with van der Waals surface area (Å²) in [4.78, 5) is 33.2. The van der Waals surface area contributed by atoms with Crippen molar-refractivity contribution in [2.45, 2.75) is 0 Å². The van der Waals surface area contributed by atoms with Crippen molar-refractivity contribution < 1.29 is 24.2 Å². The fourth-order valence-electron chi connectivity index (χ4n) is 1.27. The van der Waals surface area contributed by atoms with Crippen LogP contribution in [0.4, 0.5) is 5.69 Å². The highest BCUT2D eigenvalue weighted by atomic mass is 16.5. The Bertz CT molecular complexity index is 551. The van der Waals surface area contributed by atoms with Crippen molar-refractivity contribution >= 4 is 23.5 Å². The molecule has 1 aromatic carbocycles. The lowest BCUT2D eigenvalue weighted by Gasteiger charge is -2.10. The zero-order valence-corrected chi connectivity index (χ0v) is 10.0. The Balaban J connectivity index is 3.11. The largest absolute Gasteiger partial charge is 0.478 e. The average Bonchev–Trinajstić information content (AvgIpc) is 2.37. The van der Waals surface area contributed by atoms with Gasteiger partial charge in [-0.3, -0.25) is 4.79 Å². The van der Waals surface area contributed by atoms with Gasteiger partial charge in [0.25, 0.3) is 5.91 Å². The topological polar surface area (TPSA) is 119 Å². The second-order valence-electron chi connectivity index (χ2n) is 3.42. The second kappa shape index (κ2) is 6.20. The Hall–Kier alpha value is -2.83. The summed E-state index contributed by atoms with van der Waals surface area (Å²) in [6.45, 7) is 0. The van der Waals surface area contributed by atoms with Gasteiger partial charge in [0.2, 0.25) is 0 Å². The number of amides is 1. The fraction of sp³-hybridized carbons (Fsp3) is 0.0833. The molecule has 0 heterocycles. The Morgan fingerprint density at radius 3 is 2.47 bits per heavy atom. The first-order valence-electron chi connectivity index (χ1n) is 5.14. The standard InChI is InChI=1S/C12H12N2O5/c1-19-10(15)6-9(11(13)16)14-8-5-3-2-4-7(8)12(17)18/h2-6,14H,1H3,(H2,13,16)(H,17,18)/b9-6-. The molecule has 0 aliphatic rings. The molecule has 19 heavy (non-hydrogen) atoms. The maximum atomic E-state index is 11.2. The number of primary amides is 1. The number of carbonyl (C=O) groups excluding carboxylic acids is 2. The van der Waals surface area contributed by atoms with Gasteiger partial charge < -0.3 is 20.9 Å². The second-order valence-corrected chi connectivity index (χ2v) is 3.42. The third-order valence-electron chi connectivity index (χ3n) is 2.16. The van der Waals surface area contributed by atoms with Crippen molar-refractivity contribution in [2.24, 2.45) is 5.73 Å². The molecule has 0 fully saturated rings. The molecule has 0 radical (unpaired) electrons.